The van der Waals surface area contributed by atoms with E-state index in [1.54, 1.807) is 30.3 Å². The first-order valence-electron chi connectivity index (χ1n) is 9.45. The van der Waals surface area contributed by atoms with Crippen molar-refractivity contribution in [1.29, 1.82) is 5.26 Å². The van der Waals surface area contributed by atoms with E-state index in [0.29, 0.717) is 5.56 Å². The van der Waals surface area contributed by atoms with E-state index in [-0.39, 0.29) is 38.4 Å². The van der Waals surface area contributed by atoms with Crippen LogP contribution in [0.2, 0.25) is 0 Å². The lowest BCUT2D eigenvalue weighted by atomic mass is 9.81. The molecule has 0 aliphatic carbocycles. The van der Waals surface area contributed by atoms with Gasteiger partial charge >= 0.3 is 17.9 Å². The second-order valence-corrected chi connectivity index (χ2v) is 7.66. The molecule has 0 bridgehead atoms. The van der Waals surface area contributed by atoms with Crippen LogP contribution < -0.4 is 10.6 Å². The normalized spacial score (nSPS) is 15.7. The van der Waals surface area contributed by atoms with Gasteiger partial charge in [-0.1, -0.05) is 30.3 Å². The molecule has 2 aromatic carbocycles. The average molecular weight is 512 g/mol. The number of allylic oxidation sites excluding steroid dienone is 1. The lowest BCUT2D eigenvalue weighted by molar-refractivity contribution is -0.139. The van der Waals surface area contributed by atoms with Crippen LogP contribution >= 0.6 is 15.9 Å². The Hall–Kier alpha value is -4.10. The topological polar surface area (TPSA) is 143 Å². The number of ether oxygens (including phenoxy) is 2. The summed E-state index contributed by atoms with van der Waals surface area (Å²) >= 11 is 3.19. The smallest absolute Gasteiger partial charge is 0.355 e. The molecule has 0 aromatic heterocycles. The van der Waals surface area contributed by atoms with Gasteiger partial charge in [0, 0.05) is 10.2 Å². The summed E-state index contributed by atoms with van der Waals surface area (Å²) in [5.74, 6) is -4.02. The van der Waals surface area contributed by atoms with E-state index in [4.69, 9.17) is 15.2 Å². The maximum atomic E-state index is 13.0. The Morgan fingerprint density at radius 2 is 1.73 bits per heavy atom. The van der Waals surface area contributed by atoms with Crippen LogP contribution in [0.25, 0.3) is 0 Å². The van der Waals surface area contributed by atoms with Crippen LogP contribution in [-0.4, -0.2) is 37.2 Å². The van der Waals surface area contributed by atoms with Gasteiger partial charge in [0.25, 0.3) is 0 Å². The van der Waals surface area contributed by atoms with Crippen LogP contribution in [0.1, 0.15) is 21.8 Å². The van der Waals surface area contributed by atoms with Gasteiger partial charge in [-0.05, 0) is 39.7 Å². The number of halogens is 1. The predicted molar refractivity (Wildman–Crippen MR) is 121 cm³/mol. The molecule has 1 unspecified atom stereocenters. The minimum absolute atomic E-state index is 0.00712. The van der Waals surface area contributed by atoms with Crippen LogP contribution in [0.5, 0.6) is 0 Å². The summed E-state index contributed by atoms with van der Waals surface area (Å²) < 4.78 is 10.1. The number of hydrogen-bond donors (Lipinski definition) is 2. The SMILES string of the molecule is COC(=O)C1=C(C(=O)OC)N(c2ccc(C(=O)O)c(Br)c2)C(N)=C(C#N)C1c1ccccc1. The summed E-state index contributed by atoms with van der Waals surface area (Å²) in [5.41, 5.74) is 6.75. The highest BCUT2D eigenvalue weighted by Crippen LogP contribution is 2.43. The maximum Gasteiger partial charge on any atom is 0.355 e. The quantitative estimate of drug-likeness (QED) is 0.578. The molecule has 0 spiro atoms. The number of nitriles is 1. The standard InChI is InChI=1S/C23H18BrN3O6/c1-32-22(30)18-17(12-6-4-3-5-7-12)15(11-25)20(26)27(19(18)23(31)33-2)13-8-9-14(21(28)29)16(24)10-13/h3-10,17H,26H2,1-2H3,(H,28,29). The summed E-state index contributed by atoms with van der Waals surface area (Å²) in [6.45, 7) is 0. The largest absolute Gasteiger partial charge is 0.478 e. The number of carboxylic acid groups (broad SMARTS) is 1. The van der Waals surface area contributed by atoms with Crippen LogP contribution in [0, 0.1) is 11.3 Å². The number of nitrogens with zero attached hydrogens (tertiary/aromatic N) is 2. The molecule has 9 nitrogen and oxygen atoms in total. The third-order valence-corrected chi connectivity index (χ3v) is 5.71. The van der Waals surface area contributed by atoms with Crippen LogP contribution in [0.4, 0.5) is 5.69 Å². The Bertz CT molecular complexity index is 1250. The van der Waals surface area contributed by atoms with Crippen LogP contribution in [0.15, 0.2) is 75.7 Å². The van der Waals surface area contributed by atoms with Crippen molar-refractivity contribution in [2.45, 2.75) is 5.92 Å². The van der Waals surface area contributed by atoms with Gasteiger partial charge in [-0.15, -0.1) is 0 Å². The molecule has 0 amide bonds. The molecule has 0 saturated carbocycles. The van der Waals surface area contributed by atoms with Crippen LogP contribution in [0.3, 0.4) is 0 Å². The van der Waals surface area contributed by atoms with Crippen molar-refractivity contribution in [2.75, 3.05) is 19.1 Å². The molecule has 1 aliphatic rings. The van der Waals surface area contributed by atoms with E-state index < -0.39 is 23.8 Å². The first-order chi connectivity index (χ1) is 15.8. The molecule has 168 valence electrons. The third kappa shape index (κ3) is 4.18. The molecule has 3 rings (SSSR count). The van der Waals surface area contributed by atoms with Crippen molar-refractivity contribution < 1.29 is 29.0 Å². The first kappa shape index (κ1) is 23.6. The molecular formula is C23H18BrN3O6. The van der Waals surface area contributed by atoms with Gasteiger partial charge < -0.3 is 20.3 Å². The number of methoxy groups -OCH3 is 2. The number of nitrogens with two attached hydrogens (primary N) is 1. The van der Waals surface area contributed by atoms with Gasteiger partial charge in [-0.25, -0.2) is 14.4 Å². The average Bonchev–Trinajstić information content (AvgIpc) is 2.82. The number of rotatable bonds is 5. The molecule has 3 N–H and O–H groups in total. The molecule has 0 radical (unpaired) electrons. The third-order valence-electron chi connectivity index (χ3n) is 5.05. The van der Waals surface area contributed by atoms with E-state index >= 15 is 0 Å². The fourth-order valence-corrected chi connectivity index (χ4v) is 4.13. The number of benzene rings is 2. The number of carbonyl (C=O) groups is 3. The number of hydrogen-bond acceptors (Lipinski definition) is 8. The van der Waals surface area contributed by atoms with Crippen molar-refractivity contribution in [3.05, 3.63) is 86.8 Å². The second kappa shape index (κ2) is 9.58. The highest BCUT2D eigenvalue weighted by molar-refractivity contribution is 9.10. The van der Waals surface area contributed by atoms with Crippen molar-refractivity contribution in [2.24, 2.45) is 5.73 Å². The van der Waals surface area contributed by atoms with Gasteiger partial charge in [0.1, 0.15) is 11.5 Å². The summed E-state index contributed by atoms with van der Waals surface area (Å²) in [7, 11) is 2.30. The lowest BCUT2D eigenvalue weighted by Gasteiger charge is -2.36. The molecule has 1 aliphatic heterocycles. The first-order valence-corrected chi connectivity index (χ1v) is 10.2. The van der Waals surface area contributed by atoms with E-state index in [1.165, 1.54) is 23.1 Å². The Kier molecular flexibility index (Phi) is 6.84. The Balaban J connectivity index is 2.40. The van der Waals surface area contributed by atoms with Crippen molar-refractivity contribution >= 4 is 39.5 Å². The molecule has 0 fully saturated rings. The zero-order valence-corrected chi connectivity index (χ0v) is 19.1. The lowest BCUT2D eigenvalue weighted by Crippen LogP contribution is -2.40. The Morgan fingerprint density at radius 3 is 2.24 bits per heavy atom. The summed E-state index contributed by atoms with van der Waals surface area (Å²) in [6.07, 6.45) is 0. The molecule has 1 atom stereocenters. The number of aromatic carboxylic acids is 1. The Labute approximate surface area is 197 Å². The number of carboxylic acids is 1. The zero-order valence-electron chi connectivity index (χ0n) is 17.5. The highest BCUT2D eigenvalue weighted by atomic mass is 79.9. The fourth-order valence-electron chi connectivity index (χ4n) is 3.60. The van der Waals surface area contributed by atoms with Crippen molar-refractivity contribution in [3.63, 3.8) is 0 Å². The minimum atomic E-state index is -1.17. The van der Waals surface area contributed by atoms with E-state index in [9.17, 15) is 24.8 Å². The van der Waals surface area contributed by atoms with Gasteiger partial charge in [0.15, 0.2) is 0 Å². The highest BCUT2D eigenvalue weighted by Gasteiger charge is 2.43. The maximum absolute atomic E-state index is 13.0. The summed E-state index contributed by atoms with van der Waals surface area (Å²) in [4.78, 5) is 38.5. The summed E-state index contributed by atoms with van der Waals surface area (Å²) in [5, 5.41) is 19.3. The molecule has 1 heterocycles. The number of anilines is 1. The van der Waals surface area contributed by atoms with Gasteiger partial charge in [0.05, 0.1) is 42.9 Å². The zero-order chi connectivity index (χ0) is 24.3. The molecular weight excluding hydrogens is 494 g/mol. The predicted octanol–water partition coefficient (Wildman–Crippen LogP) is 3.05. The second-order valence-electron chi connectivity index (χ2n) is 6.80. The molecule has 0 saturated heterocycles. The number of esters is 2. The van der Waals surface area contributed by atoms with Gasteiger partial charge in [0.2, 0.25) is 0 Å². The molecule has 10 heteroatoms. The number of carbonyl (C=O) groups excluding carboxylic acids is 2. The van der Waals surface area contributed by atoms with Gasteiger partial charge in [-0.3, -0.25) is 4.90 Å². The molecule has 2 aromatic rings. The minimum Gasteiger partial charge on any atom is -0.478 e. The Morgan fingerprint density at radius 1 is 1.09 bits per heavy atom. The summed E-state index contributed by atoms with van der Waals surface area (Å²) in [6, 6.07) is 14.8. The molecule has 33 heavy (non-hydrogen) atoms. The van der Waals surface area contributed by atoms with Crippen molar-refractivity contribution in [1.82, 2.24) is 0 Å². The van der Waals surface area contributed by atoms with Gasteiger partial charge in [-0.2, -0.15) is 5.26 Å². The van der Waals surface area contributed by atoms with Crippen molar-refractivity contribution in [3.8, 4) is 6.07 Å². The van der Waals surface area contributed by atoms with Crippen LogP contribution in [-0.2, 0) is 19.1 Å². The van der Waals surface area contributed by atoms with E-state index in [0.717, 1.165) is 14.2 Å². The fraction of sp³-hybridized carbons (Fsp3) is 0.130. The van der Waals surface area contributed by atoms with E-state index in [1.807, 2.05) is 6.07 Å². The monoisotopic (exact) mass is 511 g/mol. The van der Waals surface area contributed by atoms with E-state index in [2.05, 4.69) is 15.9 Å².